The molecular formula is C15H24N4OS. The molecule has 2 fully saturated rings. The predicted molar refractivity (Wildman–Crippen MR) is 87.4 cm³/mol. The molecule has 21 heavy (non-hydrogen) atoms. The van der Waals surface area contributed by atoms with Crippen LogP contribution in [-0.4, -0.2) is 38.3 Å². The summed E-state index contributed by atoms with van der Waals surface area (Å²) in [6.45, 7) is 5.02. The van der Waals surface area contributed by atoms with Crippen LogP contribution in [-0.2, 0) is 10.8 Å². The van der Waals surface area contributed by atoms with Crippen molar-refractivity contribution in [1.29, 1.82) is 0 Å². The summed E-state index contributed by atoms with van der Waals surface area (Å²) in [5.41, 5.74) is 1.09. The number of anilines is 2. The van der Waals surface area contributed by atoms with Crippen LogP contribution >= 0.6 is 0 Å². The summed E-state index contributed by atoms with van der Waals surface area (Å²) in [4.78, 5) is 9.43. The van der Waals surface area contributed by atoms with Crippen molar-refractivity contribution >= 4 is 22.4 Å². The number of hydrogen-bond acceptors (Lipinski definition) is 5. The van der Waals surface area contributed by atoms with E-state index in [-0.39, 0.29) is 0 Å². The maximum absolute atomic E-state index is 11.5. The Morgan fingerprint density at radius 3 is 2.43 bits per heavy atom. The predicted octanol–water partition coefficient (Wildman–Crippen LogP) is 2.42. The summed E-state index contributed by atoms with van der Waals surface area (Å²) in [7, 11) is -0.618. The molecule has 0 bridgehead atoms. The molecule has 0 aromatic carbocycles. The molecule has 5 nitrogen and oxygen atoms in total. The lowest BCUT2D eigenvalue weighted by Crippen LogP contribution is -2.30. The van der Waals surface area contributed by atoms with Crippen LogP contribution in [0.3, 0.4) is 0 Å². The highest BCUT2D eigenvalue weighted by atomic mass is 32.2. The van der Waals surface area contributed by atoms with Gasteiger partial charge in [-0.3, -0.25) is 4.21 Å². The average Bonchev–Trinajstić information content (AvgIpc) is 3.30. The number of aromatic nitrogens is 2. The van der Waals surface area contributed by atoms with E-state index < -0.39 is 10.8 Å². The van der Waals surface area contributed by atoms with Crippen LogP contribution in [0.2, 0.25) is 0 Å². The van der Waals surface area contributed by atoms with E-state index in [0.29, 0.717) is 12.0 Å². The lowest BCUT2D eigenvalue weighted by Gasteiger charge is -2.24. The molecule has 1 aliphatic carbocycles. The van der Waals surface area contributed by atoms with E-state index >= 15 is 0 Å². The van der Waals surface area contributed by atoms with Crippen molar-refractivity contribution < 1.29 is 4.21 Å². The van der Waals surface area contributed by atoms with E-state index in [1.54, 1.807) is 0 Å². The molecular weight excluding hydrogens is 284 g/mol. The second-order valence-electron chi connectivity index (χ2n) is 5.98. The van der Waals surface area contributed by atoms with Gasteiger partial charge in [-0.2, -0.15) is 0 Å². The van der Waals surface area contributed by atoms with Crippen LogP contribution in [0.25, 0.3) is 0 Å². The molecule has 0 unspecified atom stereocenters. The van der Waals surface area contributed by atoms with Crippen molar-refractivity contribution in [2.24, 2.45) is 0 Å². The van der Waals surface area contributed by atoms with Gasteiger partial charge < -0.3 is 10.6 Å². The molecule has 1 aromatic heterocycles. The first-order valence-corrected chi connectivity index (χ1v) is 9.40. The third-order valence-electron chi connectivity index (χ3n) is 4.18. The summed E-state index contributed by atoms with van der Waals surface area (Å²) in [5.74, 6) is 5.03. The maximum atomic E-state index is 11.5. The first kappa shape index (κ1) is 14.8. The van der Waals surface area contributed by atoms with E-state index in [4.69, 9.17) is 4.98 Å². The molecule has 1 saturated carbocycles. The largest absolute Gasteiger partial charge is 0.370 e. The minimum atomic E-state index is -0.618. The van der Waals surface area contributed by atoms with Gasteiger partial charge in [-0.15, -0.1) is 0 Å². The first-order valence-electron chi connectivity index (χ1n) is 7.91. The van der Waals surface area contributed by atoms with Gasteiger partial charge in [0.15, 0.2) is 0 Å². The fraction of sp³-hybridized carbons (Fsp3) is 0.733. The van der Waals surface area contributed by atoms with Crippen LogP contribution in [0.15, 0.2) is 0 Å². The van der Waals surface area contributed by atoms with Gasteiger partial charge in [-0.05, 0) is 39.5 Å². The maximum Gasteiger partial charge on any atom is 0.136 e. The fourth-order valence-corrected chi connectivity index (χ4v) is 3.97. The molecule has 2 heterocycles. The quantitative estimate of drug-likeness (QED) is 0.874. The minimum absolute atomic E-state index is 0.387. The number of nitrogens with one attached hydrogen (secondary N) is 2. The lowest BCUT2D eigenvalue weighted by molar-refractivity contribution is 0.621. The van der Waals surface area contributed by atoms with Gasteiger partial charge in [-0.1, -0.05) is 0 Å². The molecule has 1 saturated heterocycles. The Labute approximate surface area is 128 Å². The topological polar surface area (TPSA) is 66.9 Å². The highest BCUT2D eigenvalue weighted by molar-refractivity contribution is 7.85. The van der Waals surface area contributed by atoms with Crippen molar-refractivity contribution in [3.8, 4) is 0 Å². The molecule has 116 valence electrons. The lowest BCUT2D eigenvalue weighted by atomic mass is 10.1. The van der Waals surface area contributed by atoms with E-state index in [1.165, 1.54) is 12.8 Å². The van der Waals surface area contributed by atoms with Crippen LogP contribution in [0.1, 0.15) is 49.9 Å². The number of hydrogen-bond donors (Lipinski definition) is 2. The fourth-order valence-electron chi connectivity index (χ4n) is 2.67. The van der Waals surface area contributed by atoms with Crippen molar-refractivity contribution in [1.82, 2.24) is 9.97 Å². The number of nitrogens with zero attached hydrogens (tertiary/aromatic N) is 2. The average molecular weight is 308 g/mol. The Balaban J connectivity index is 1.80. The third-order valence-corrected chi connectivity index (χ3v) is 5.56. The van der Waals surface area contributed by atoms with Crippen molar-refractivity contribution in [3.05, 3.63) is 11.4 Å². The van der Waals surface area contributed by atoms with Gasteiger partial charge in [0.1, 0.15) is 17.5 Å². The summed E-state index contributed by atoms with van der Waals surface area (Å²) in [5, 5.41) is 6.91. The smallest absolute Gasteiger partial charge is 0.136 e. The molecule has 0 atom stereocenters. The van der Waals surface area contributed by atoms with Gasteiger partial charge in [0.25, 0.3) is 0 Å². The normalized spacial score (nSPS) is 25.6. The Morgan fingerprint density at radius 1 is 1.14 bits per heavy atom. The zero-order valence-electron chi connectivity index (χ0n) is 12.8. The molecule has 0 amide bonds. The van der Waals surface area contributed by atoms with Crippen LogP contribution in [0.5, 0.6) is 0 Å². The van der Waals surface area contributed by atoms with E-state index in [0.717, 1.165) is 53.9 Å². The summed E-state index contributed by atoms with van der Waals surface area (Å²) < 4.78 is 11.5. The molecule has 1 aromatic rings. The second kappa shape index (κ2) is 6.30. The summed E-state index contributed by atoms with van der Waals surface area (Å²) >= 11 is 0. The Morgan fingerprint density at radius 2 is 1.81 bits per heavy atom. The molecule has 3 rings (SSSR count). The van der Waals surface area contributed by atoms with Crippen LogP contribution in [0.4, 0.5) is 11.6 Å². The van der Waals surface area contributed by atoms with Crippen LogP contribution in [0, 0.1) is 6.92 Å². The molecule has 0 spiro atoms. The SMILES string of the molecule is CCNc1nc(C2CC2)nc(NC2CCS(=O)CC2)c1C. The van der Waals surface area contributed by atoms with Gasteiger partial charge in [0.05, 0.1) is 0 Å². The zero-order valence-corrected chi connectivity index (χ0v) is 13.6. The van der Waals surface area contributed by atoms with E-state index in [9.17, 15) is 4.21 Å². The van der Waals surface area contributed by atoms with Crippen molar-refractivity contribution in [2.45, 2.75) is 51.5 Å². The third kappa shape index (κ3) is 3.54. The van der Waals surface area contributed by atoms with Gasteiger partial charge in [0.2, 0.25) is 0 Å². The molecule has 1 aliphatic heterocycles. The Hall–Kier alpha value is -1.17. The van der Waals surface area contributed by atoms with E-state index in [1.807, 2.05) is 0 Å². The van der Waals surface area contributed by atoms with Crippen molar-refractivity contribution in [2.75, 3.05) is 28.7 Å². The highest BCUT2D eigenvalue weighted by Gasteiger charge is 2.28. The molecule has 0 radical (unpaired) electrons. The zero-order chi connectivity index (χ0) is 14.8. The number of rotatable bonds is 5. The molecule has 6 heteroatoms. The standard InChI is InChI=1S/C15H24N4OS/c1-3-16-13-10(2)14(19-15(18-13)11-4-5-11)17-12-6-8-21(20)9-7-12/h11-12H,3-9H2,1-2H3,(H2,16,17,18,19). The van der Waals surface area contributed by atoms with Gasteiger partial charge in [-0.25, -0.2) is 9.97 Å². The monoisotopic (exact) mass is 308 g/mol. The highest BCUT2D eigenvalue weighted by Crippen LogP contribution is 2.39. The second-order valence-corrected chi connectivity index (χ2v) is 7.67. The molecule has 2 N–H and O–H groups in total. The van der Waals surface area contributed by atoms with Crippen molar-refractivity contribution in [3.63, 3.8) is 0 Å². The molecule has 2 aliphatic rings. The first-order chi connectivity index (χ1) is 10.2. The Bertz CT molecular complexity index is 535. The summed E-state index contributed by atoms with van der Waals surface area (Å²) in [6.07, 6.45) is 4.34. The Kier molecular flexibility index (Phi) is 4.42. The minimum Gasteiger partial charge on any atom is -0.370 e. The summed E-state index contributed by atoms with van der Waals surface area (Å²) in [6, 6.07) is 0.387. The van der Waals surface area contributed by atoms with Gasteiger partial charge in [0, 0.05) is 46.4 Å². The van der Waals surface area contributed by atoms with E-state index in [2.05, 4.69) is 29.5 Å². The van der Waals surface area contributed by atoms with Gasteiger partial charge >= 0.3 is 0 Å². The van der Waals surface area contributed by atoms with Crippen LogP contribution < -0.4 is 10.6 Å².